The second-order valence-corrected chi connectivity index (χ2v) is 7.21. The number of carbonyl (C=O) groups is 1. The van der Waals surface area contributed by atoms with Crippen LogP contribution in [0.3, 0.4) is 0 Å². The Hall–Kier alpha value is -0.180. The number of rotatable bonds is 7. The summed E-state index contributed by atoms with van der Waals surface area (Å²) in [6.45, 7) is 4.40. The average Bonchev–Trinajstić information content (AvgIpc) is 2.96. The third-order valence-corrected chi connectivity index (χ3v) is 5.74. The zero-order valence-corrected chi connectivity index (χ0v) is 12.6. The highest BCUT2D eigenvalue weighted by atomic mass is 32.2. The van der Waals surface area contributed by atoms with E-state index in [4.69, 9.17) is 0 Å². The summed E-state index contributed by atoms with van der Waals surface area (Å²) in [5.41, 5.74) is 0. The SMILES string of the molecule is CCCCSCC(=O)NC(C)C1CC2CCC1C2. The van der Waals surface area contributed by atoms with Crippen LogP contribution in [-0.2, 0) is 4.79 Å². The zero-order chi connectivity index (χ0) is 13.0. The first kappa shape index (κ1) is 14.2. The van der Waals surface area contributed by atoms with Gasteiger partial charge in [-0.25, -0.2) is 0 Å². The lowest BCUT2D eigenvalue weighted by molar-refractivity contribution is -0.119. The third kappa shape index (κ3) is 3.66. The van der Waals surface area contributed by atoms with Crippen LogP contribution in [0.1, 0.15) is 52.4 Å². The molecule has 3 heteroatoms. The molecule has 0 heterocycles. The van der Waals surface area contributed by atoms with Crippen molar-refractivity contribution in [2.45, 2.75) is 58.4 Å². The molecule has 1 N–H and O–H groups in total. The molecular formula is C15H27NOS. The lowest BCUT2D eigenvalue weighted by Crippen LogP contribution is -2.40. The molecule has 4 atom stereocenters. The van der Waals surface area contributed by atoms with E-state index < -0.39 is 0 Å². The Labute approximate surface area is 116 Å². The molecule has 2 nitrogen and oxygen atoms in total. The van der Waals surface area contributed by atoms with Gasteiger partial charge in [0.1, 0.15) is 0 Å². The second-order valence-electron chi connectivity index (χ2n) is 6.10. The van der Waals surface area contributed by atoms with Gasteiger partial charge in [0.2, 0.25) is 5.91 Å². The fourth-order valence-electron chi connectivity index (χ4n) is 3.72. The molecular weight excluding hydrogens is 242 g/mol. The minimum Gasteiger partial charge on any atom is -0.353 e. The molecule has 2 aliphatic carbocycles. The minimum atomic E-state index is 0.242. The van der Waals surface area contributed by atoms with Crippen molar-refractivity contribution in [3.05, 3.63) is 0 Å². The van der Waals surface area contributed by atoms with E-state index >= 15 is 0 Å². The van der Waals surface area contributed by atoms with Crippen molar-refractivity contribution in [2.24, 2.45) is 17.8 Å². The van der Waals surface area contributed by atoms with Gasteiger partial charge < -0.3 is 5.32 Å². The number of thioether (sulfide) groups is 1. The summed E-state index contributed by atoms with van der Waals surface area (Å²) in [6.07, 6.45) is 8.07. The number of unbranched alkanes of at least 4 members (excludes halogenated alkanes) is 1. The molecule has 2 saturated carbocycles. The van der Waals surface area contributed by atoms with Gasteiger partial charge in [0.15, 0.2) is 0 Å². The number of hydrogen-bond donors (Lipinski definition) is 1. The Kier molecular flexibility index (Phi) is 5.40. The van der Waals surface area contributed by atoms with E-state index in [1.54, 1.807) is 11.8 Å². The smallest absolute Gasteiger partial charge is 0.230 e. The Morgan fingerprint density at radius 1 is 1.39 bits per heavy atom. The maximum Gasteiger partial charge on any atom is 0.230 e. The molecule has 18 heavy (non-hydrogen) atoms. The maximum atomic E-state index is 11.8. The summed E-state index contributed by atoms with van der Waals surface area (Å²) in [6, 6.07) is 0.388. The summed E-state index contributed by atoms with van der Waals surface area (Å²) >= 11 is 1.77. The molecule has 0 aliphatic heterocycles. The van der Waals surface area contributed by atoms with Gasteiger partial charge in [0, 0.05) is 6.04 Å². The number of nitrogens with one attached hydrogen (secondary N) is 1. The molecule has 4 unspecified atom stereocenters. The molecule has 0 aromatic carbocycles. The van der Waals surface area contributed by atoms with E-state index in [9.17, 15) is 4.79 Å². The third-order valence-electron chi connectivity index (χ3n) is 4.70. The van der Waals surface area contributed by atoms with Crippen molar-refractivity contribution >= 4 is 17.7 Å². The average molecular weight is 269 g/mol. The summed E-state index contributed by atoms with van der Waals surface area (Å²) in [4.78, 5) is 11.8. The van der Waals surface area contributed by atoms with Gasteiger partial charge in [-0.05, 0) is 56.1 Å². The minimum absolute atomic E-state index is 0.242. The van der Waals surface area contributed by atoms with E-state index in [0.29, 0.717) is 11.8 Å². The molecule has 104 valence electrons. The van der Waals surface area contributed by atoms with Crippen LogP contribution in [0, 0.1) is 17.8 Å². The molecule has 0 aromatic heterocycles. The van der Waals surface area contributed by atoms with Gasteiger partial charge in [-0.2, -0.15) is 11.8 Å². The predicted octanol–water partition coefficient (Wildman–Crippen LogP) is 3.46. The fraction of sp³-hybridized carbons (Fsp3) is 0.933. The highest BCUT2D eigenvalue weighted by molar-refractivity contribution is 7.99. The molecule has 0 spiro atoms. The zero-order valence-electron chi connectivity index (χ0n) is 11.8. The summed E-state index contributed by atoms with van der Waals surface area (Å²) < 4.78 is 0. The number of carbonyl (C=O) groups excluding carboxylic acids is 1. The highest BCUT2D eigenvalue weighted by Crippen LogP contribution is 2.49. The molecule has 0 saturated heterocycles. The van der Waals surface area contributed by atoms with Crippen LogP contribution in [0.5, 0.6) is 0 Å². The summed E-state index contributed by atoms with van der Waals surface area (Å²) in [5, 5.41) is 3.22. The monoisotopic (exact) mass is 269 g/mol. The topological polar surface area (TPSA) is 29.1 Å². The van der Waals surface area contributed by atoms with Gasteiger partial charge >= 0.3 is 0 Å². The molecule has 2 rings (SSSR count). The first-order valence-electron chi connectivity index (χ1n) is 7.57. The maximum absolute atomic E-state index is 11.8. The van der Waals surface area contributed by atoms with Crippen LogP contribution in [0.15, 0.2) is 0 Å². The van der Waals surface area contributed by atoms with Crippen LogP contribution in [0.2, 0.25) is 0 Å². The van der Waals surface area contributed by atoms with Crippen molar-refractivity contribution in [3.8, 4) is 0 Å². The van der Waals surface area contributed by atoms with E-state index in [0.717, 1.165) is 23.5 Å². The number of amides is 1. The van der Waals surface area contributed by atoms with Crippen molar-refractivity contribution in [2.75, 3.05) is 11.5 Å². The largest absolute Gasteiger partial charge is 0.353 e. The van der Waals surface area contributed by atoms with E-state index in [-0.39, 0.29) is 5.91 Å². The van der Waals surface area contributed by atoms with Crippen molar-refractivity contribution in [1.82, 2.24) is 5.32 Å². The number of fused-ring (bicyclic) bond motifs is 2. The number of hydrogen-bond acceptors (Lipinski definition) is 2. The molecule has 0 radical (unpaired) electrons. The van der Waals surface area contributed by atoms with Crippen LogP contribution in [0.25, 0.3) is 0 Å². The van der Waals surface area contributed by atoms with E-state index in [1.165, 1.54) is 38.5 Å². The van der Waals surface area contributed by atoms with Crippen LogP contribution < -0.4 is 5.32 Å². The van der Waals surface area contributed by atoms with Crippen LogP contribution >= 0.6 is 11.8 Å². The summed E-state index contributed by atoms with van der Waals surface area (Å²) in [5.74, 6) is 4.63. The standard InChI is InChI=1S/C15H27NOS/c1-3-4-7-18-10-15(17)16-11(2)14-9-12-5-6-13(14)8-12/h11-14H,3-10H2,1-2H3,(H,16,17). The molecule has 2 bridgehead atoms. The van der Waals surface area contributed by atoms with E-state index in [1.807, 2.05) is 0 Å². The fourth-order valence-corrected chi connectivity index (χ4v) is 4.63. The molecule has 0 aromatic rings. The quantitative estimate of drug-likeness (QED) is 0.717. The molecule has 2 aliphatic rings. The Bertz CT molecular complexity index is 282. The summed E-state index contributed by atoms with van der Waals surface area (Å²) in [7, 11) is 0. The van der Waals surface area contributed by atoms with Gasteiger partial charge in [0.05, 0.1) is 5.75 Å². The van der Waals surface area contributed by atoms with Gasteiger partial charge in [-0.15, -0.1) is 0 Å². The lowest BCUT2D eigenvalue weighted by Gasteiger charge is -2.28. The van der Waals surface area contributed by atoms with Gasteiger partial charge in [0.25, 0.3) is 0 Å². The van der Waals surface area contributed by atoms with Crippen LogP contribution in [0.4, 0.5) is 0 Å². The Morgan fingerprint density at radius 2 is 2.22 bits per heavy atom. The van der Waals surface area contributed by atoms with Crippen molar-refractivity contribution in [3.63, 3.8) is 0 Å². The van der Waals surface area contributed by atoms with E-state index in [2.05, 4.69) is 19.2 Å². The van der Waals surface area contributed by atoms with Crippen molar-refractivity contribution in [1.29, 1.82) is 0 Å². The Morgan fingerprint density at radius 3 is 2.83 bits per heavy atom. The molecule has 1 amide bonds. The first-order chi connectivity index (χ1) is 8.70. The predicted molar refractivity (Wildman–Crippen MR) is 78.8 cm³/mol. The first-order valence-corrected chi connectivity index (χ1v) is 8.73. The Balaban J connectivity index is 1.64. The van der Waals surface area contributed by atoms with Gasteiger partial charge in [-0.1, -0.05) is 19.8 Å². The van der Waals surface area contributed by atoms with Crippen LogP contribution in [-0.4, -0.2) is 23.5 Å². The lowest BCUT2D eigenvalue weighted by atomic mass is 9.84. The normalized spacial score (nSPS) is 31.6. The highest BCUT2D eigenvalue weighted by Gasteiger charge is 2.41. The van der Waals surface area contributed by atoms with Gasteiger partial charge in [-0.3, -0.25) is 4.79 Å². The molecule has 2 fully saturated rings. The van der Waals surface area contributed by atoms with Crippen molar-refractivity contribution < 1.29 is 4.79 Å². The second kappa shape index (κ2) is 6.83.